The zero-order valence-corrected chi connectivity index (χ0v) is 13.3. The van der Waals surface area contributed by atoms with Crippen molar-refractivity contribution in [3.63, 3.8) is 0 Å². The van der Waals surface area contributed by atoms with Gasteiger partial charge in [-0.15, -0.1) is 6.42 Å². The van der Waals surface area contributed by atoms with Crippen molar-refractivity contribution in [2.45, 2.75) is 18.7 Å². The summed E-state index contributed by atoms with van der Waals surface area (Å²) in [4.78, 5) is 2.31. The van der Waals surface area contributed by atoms with E-state index >= 15 is 0 Å². The molecule has 5 nitrogen and oxygen atoms in total. The molecule has 0 unspecified atom stereocenters. The average molecular weight is 307 g/mol. The monoisotopic (exact) mass is 307 g/mol. The molecule has 1 fully saturated rings. The van der Waals surface area contributed by atoms with Crippen LogP contribution < -0.4 is 5.73 Å². The molecular weight excluding hydrogens is 286 g/mol. The Hall–Kier alpha value is -1.55. The van der Waals surface area contributed by atoms with E-state index in [0.717, 1.165) is 11.1 Å². The molecular formula is C15H21N3O2S. The highest BCUT2D eigenvalue weighted by molar-refractivity contribution is 7.89. The Labute approximate surface area is 126 Å². The van der Waals surface area contributed by atoms with Gasteiger partial charge in [-0.2, -0.15) is 4.31 Å². The number of hydrogen-bond donors (Lipinski definition) is 1. The number of piperazine rings is 1. The third kappa shape index (κ3) is 3.05. The summed E-state index contributed by atoms with van der Waals surface area (Å²) < 4.78 is 27.2. The SMILES string of the molecule is C#CCN1CCN(S(=O)(=O)c2c(N)ccc(C)c2C)CC1. The molecule has 0 amide bonds. The molecule has 1 aromatic carbocycles. The van der Waals surface area contributed by atoms with Crippen LogP contribution in [0.3, 0.4) is 0 Å². The van der Waals surface area contributed by atoms with Crippen molar-refractivity contribution in [3.8, 4) is 12.3 Å². The lowest BCUT2D eigenvalue weighted by Crippen LogP contribution is -2.48. The standard InChI is InChI=1S/C15H21N3O2S/c1-4-7-17-8-10-18(11-9-17)21(19,20)15-13(3)12(2)5-6-14(15)16/h1,5-6H,7-11,16H2,2-3H3. The zero-order valence-electron chi connectivity index (χ0n) is 12.5. The van der Waals surface area contributed by atoms with Crippen LogP contribution in [-0.2, 0) is 10.0 Å². The summed E-state index contributed by atoms with van der Waals surface area (Å²) in [5, 5.41) is 0. The van der Waals surface area contributed by atoms with Gasteiger partial charge >= 0.3 is 0 Å². The van der Waals surface area contributed by atoms with Gasteiger partial charge in [0.2, 0.25) is 10.0 Å². The molecule has 0 atom stereocenters. The highest BCUT2D eigenvalue weighted by Crippen LogP contribution is 2.28. The number of terminal acetylenes is 1. The molecule has 0 spiro atoms. The molecule has 21 heavy (non-hydrogen) atoms. The minimum Gasteiger partial charge on any atom is -0.398 e. The first-order chi connectivity index (χ1) is 9.87. The van der Waals surface area contributed by atoms with E-state index in [-0.39, 0.29) is 4.90 Å². The Bertz CT molecular complexity index is 669. The fourth-order valence-corrected chi connectivity index (χ4v) is 4.36. The van der Waals surface area contributed by atoms with Gasteiger partial charge in [0.15, 0.2) is 0 Å². The van der Waals surface area contributed by atoms with Crippen LogP contribution in [0.25, 0.3) is 0 Å². The summed E-state index contributed by atoms with van der Waals surface area (Å²) in [7, 11) is -3.55. The van der Waals surface area contributed by atoms with Crippen LogP contribution in [0.5, 0.6) is 0 Å². The Morgan fingerprint density at radius 2 is 1.86 bits per heavy atom. The minimum atomic E-state index is -3.55. The number of nitrogen functional groups attached to an aromatic ring is 1. The Balaban J connectivity index is 2.29. The summed E-state index contributed by atoms with van der Waals surface area (Å²) in [6.45, 7) is 6.42. The maximum Gasteiger partial charge on any atom is 0.245 e. The molecule has 2 N–H and O–H groups in total. The topological polar surface area (TPSA) is 66.6 Å². The number of sulfonamides is 1. The normalized spacial score (nSPS) is 17.6. The number of nitrogens with zero attached hydrogens (tertiary/aromatic N) is 2. The predicted molar refractivity (Wildman–Crippen MR) is 84.4 cm³/mol. The van der Waals surface area contributed by atoms with Crippen molar-refractivity contribution in [2.24, 2.45) is 0 Å². The van der Waals surface area contributed by atoms with Crippen LogP contribution in [0.4, 0.5) is 5.69 Å². The second-order valence-electron chi connectivity index (χ2n) is 5.31. The van der Waals surface area contributed by atoms with Gasteiger partial charge in [-0.3, -0.25) is 4.90 Å². The molecule has 1 aliphatic rings. The fraction of sp³-hybridized carbons (Fsp3) is 0.467. The highest BCUT2D eigenvalue weighted by Gasteiger charge is 2.31. The average Bonchev–Trinajstić information content (AvgIpc) is 2.44. The van der Waals surface area contributed by atoms with Crippen LogP contribution in [0.2, 0.25) is 0 Å². The van der Waals surface area contributed by atoms with E-state index in [0.29, 0.717) is 38.4 Å². The second-order valence-corrected chi connectivity index (χ2v) is 7.18. The molecule has 2 rings (SSSR count). The first-order valence-corrected chi connectivity index (χ1v) is 8.33. The molecule has 6 heteroatoms. The lowest BCUT2D eigenvalue weighted by molar-refractivity contribution is 0.207. The van der Waals surface area contributed by atoms with Gasteiger partial charge in [0, 0.05) is 26.2 Å². The van der Waals surface area contributed by atoms with Crippen molar-refractivity contribution in [1.29, 1.82) is 0 Å². The van der Waals surface area contributed by atoms with Crippen LogP contribution >= 0.6 is 0 Å². The van der Waals surface area contributed by atoms with Gasteiger partial charge in [-0.1, -0.05) is 12.0 Å². The summed E-state index contributed by atoms with van der Waals surface area (Å²) in [6, 6.07) is 3.50. The van der Waals surface area contributed by atoms with Crippen LogP contribution in [0.1, 0.15) is 11.1 Å². The molecule has 0 aromatic heterocycles. The van der Waals surface area contributed by atoms with E-state index in [4.69, 9.17) is 12.2 Å². The van der Waals surface area contributed by atoms with E-state index < -0.39 is 10.0 Å². The van der Waals surface area contributed by atoms with Crippen molar-refractivity contribution >= 4 is 15.7 Å². The molecule has 0 radical (unpaired) electrons. The van der Waals surface area contributed by atoms with Crippen molar-refractivity contribution in [1.82, 2.24) is 9.21 Å². The smallest absolute Gasteiger partial charge is 0.245 e. The highest BCUT2D eigenvalue weighted by atomic mass is 32.2. The quantitative estimate of drug-likeness (QED) is 0.663. The maximum atomic E-state index is 12.8. The van der Waals surface area contributed by atoms with Gasteiger partial charge < -0.3 is 5.73 Å². The Kier molecular flexibility index (Phi) is 4.57. The number of rotatable bonds is 3. The van der Waals surface area contributed by atoms with Gasteiger partial charge in [0.1, 0.15) is 4.90 Å². The van der Waals surface area contributed by atoms with Crippen LogP contribution in [0.15, 0.2) is 17.0 Å². The summed E-state index contributed by atoms with van der Waals surface area (Å²) in [5.41, 5.74) is 7.87. The van der Waals surface area contributed by atoms with E-state index in [1.54, 1.807) is 13.0 Å². The third-order valence-corrected chi connectivity index (χ3v) is 6.05. The molecule has 114 valence electrons. The molecule has 1 saturated heterocycles. The number of hydrogen-bond acceptors (Lipinski definition) is 4. The number of aryl methyl sites for hydroxylation is 1. The van der Waals surface area contributed by atoms with Crippen molar-refractivity contribution in [3.05, 3.63) is 23.3 Å². The number of benzene rings is 1. The second kappa shape index (κ2) is 6.06. The van der Waals surface area contributed by atoms with Gasteiger partial charge in [-0.25, -0.2) is 8.42 Å². The third-order valence-electron chi connectivity index (χ3n) is 3.95. The van der Waals surface area contributed by atoms with Crippen LogP contribution in [0, 0.1) is 26.2 Å². The Morgan fingerprint density at radius 1 is 1.24 bits per heavy atom. The zero-order chi connectivity index (χ0) is 15.6. The van der Waals surface area contributed by atoms with Crippen molar-refractivity contribution < 1.29 is 8.42 Å². The molecule has 1 aromatic rings. The lowest BCUT2D eigenvalue weighted by atomic mass is 10.1. The summed E-state index contributed by atoms with van der Waals surface area (Å²) >= 11 is 0. The number of nitrogens with two attached hydrogens (primary N) is 1. The van der Waals surface area contributed by atoms with Gasteiger partial charge in [0.25, 0.3) is 0 Å². The van der Waals surface area contributed by atoms with E-state index in [1.165, 1.54) is 4.31 Å². The Morgan fingerprint density at radius 3 is 2.43 bits per heavy atom. The molecule has 0 bridgehead atoms. The van der Waals surface area contributed by atoms with E-state index in [9.17, 15) is 8.42 Å². The first-order valence-electron chi connectivity index (χ1n) is 6.89. The summed E-state index contributed by atoms with van der Waals surface area (Å²) in [5.74, 6) is 2.59. The van der Waals surface area contributed by atoms with Crippen molar-refractivity contribution in [2.75, 3.05) is 38.5 Å². The molecule has 0 aliphatic carbocycles. The first kappa shape index (κ1) is 15.8. The van der Waals surface area contributed by atoms with E-state index in [2.05, 4.69) is 10.8 Å². The van der Waals surface area contributed by atoms with Gasteiger partial charge in [0.05, 0.1) is 12.2 Å². The summed E-state index contributed by atoms with van der Waals surface area (Å²) in [6.07, 6.45) is 5.29. The molecule has 0 saturated carbocycles. The number of anilines is 1. The maximum absolute atomic E-state index is 12.8. The van der Waals surface area contributed by atoms with Gasteiger partial charge in [-0.05, 0) is 31.0 Å². The molecule has 1 aliphatic heterocycles. The van der Waals surface area contributed by atoms with Crippen LogP contribution in [-0.4, -0.2) is 50.3 Å². The van der Waals surface area contributed by atoms with E-state index in [1.807, 2.05) is 13.0 Å². The fourth-order valence-electron chi connectivity index (χ4n) is 2.54. The largest absolute Gasteiger partial charge is 0.398 e. The lowest BCUT2D eigenvalue weighted by Gasteiger charge is -2.33. The minimum absolute atomic E-state index is 0.243. The molecule has 1 heterocycles. The predicted octanol–water partition coefficient (Wildman–Crippen LogP) is 0.825.